The van der Waals surface area contributed by atoms with E-state index in [9.17, 15) is 18.4 Å². The first-order valence-corrected chi connectivity index (χ1v) is 7.02. The quantitative estimate of drug-likeness (QED) is 0.642. The molecule has 0 aromatic heterocycles. The van der Waals surface area contributed by atoms with Crippen molar-refractivity contribution in [3.8, 4) is 0 Å². The fraction of sp³-hybridized carbons (Fsp3) is 0.286. The van der Waals surface area contributed by atoms with Crippen LogP contribution >= 0.6 is 15.9 Å². The van der Waals surface area contributed by atoms with Crippen LogP contribution in [0.5, 0.6) is 0 Å². The normalized spacial score (nSPS) is 21.1. The predicted molar refractivity (Wildman–Crippen MR) is 75.7 cm³/mol. The summed E-state index contributed by atoms with van der Waals surface area (Å²) in [5.74, 6) is -4.99. The van der Waals surface area contributed by atoms with E-state index in [2.05, 4.69) is 21.2 Å². The molecule has 1 aromatic rings. The Bertz CT molecular complexity index is 618. The standard InChI is InChI=1S/C14H12BrF2NO3/c15-9-5-12(11(17)6-10(9)16)18-13(19)7-3-1-2-4-8(7)14(20)21/h1-2,5-8H,3-4H2,(H,18,19)(H,20,21). The highest BCUT2D eigenvalue weighted by atomic mass is 79.9. The molecule has 1 aromatic carbocycles. The second kappa shape index (κ2) is 6.34. The molecule has 0 radical (unpaired) electrons. The van der Waals surface area contributed by atoms with Crippen LogP contribution in [0.1, 0.15) is 12.8 Å². The lowest BCUT2D eigenvalue weighted by atomic mass is 9.82. The summed E-state index contributed by atoms with van der Waals surface area (Å²) in [5.41, 5.74) is -0.188. The lowest BCUT2D eigenvalue weighted by molar-refractivity contribution is -0.146. The van der Waals surface area contributed by atoms with Gasteiger partial charge in [-0.3, -0.25) is 9.59 Å². The summed E-state index contributed by atoms with van der Waals surface area (Å²) in [6.07, 6.45) is 3.95. The molecule has 0 aliphatic heterocycles. The summed E-state index contributed by atoms with van der Waals surface area (Å²) in [7, 11) is 0. The van der Waals surface area contributed by atoms with E-state index in [0.717, 1.165) is 6.07 Å². The molecule has 1 amide bonds. The van der Waals surface area contributed by atoms with Gasteiger partial charge in [-0.15, -0.1) is 0 Å². The Morgan fingerprint density at radius 1 is 1.14 bits per heavy atom. The minimum absolute atomic E-state index is 0.0116. The summed E-state index contributed by atoms with van der Waals surface area (Å²) < 4.78 is 26.8. The minimum Gasteiger partial charge on any atom is -0.481 e. The lowest BCUT2D eigenvalue weighted by Crippen LogP contribution is -2.34. The summed E-state index contributed by atoms with van der Waals surface area (Å²) in [5, 5.41) is 11.4. The number of benzene rings is 1. The Hall–Kier alpha value is -1.76. The van der Waals surface area contributed by atoms with Gasteiger partial charge in [0.2, 0.25) is 5.91 Å². The van der Waals surface area contributed by atoms with Gasteiger partial charge in [-0.05, 0) is 34.8 Å². The molecule has 2 unspecified atom stereocenters. The van der Waals surface area contributed by atoms with Gasteiger partial charge >= 0.3 is 5.97 Å². The number of anilines is 1. The minimum atomic E-state index is -1.07. The summed E-state index contributed by atoms with van der Waals surface area (Å²) >= 11 is 2.90. The van der Waals surface area contributed by atoms with Gasteiger partial charge in [0.05, 0.1) is 22.0 Å². The maximum atomic E-state index is 13.6. The van der Waals surface area contributed by atoms with Gasteiger partial charge in [0, 0.05) is 6.07 Å². The van der Waals surface area contributed by atoms with E-state index in [1.807, 2.05) is 0 Å². The highest BCUT2D eigenvalue weighted by molar-refractivity contribution is 9.10. The van der Waals surface area contributed by atoms with Crippen LogP contribution in [0.25, 0.3) is 0 Å². The van der Waals surface area contributed by atoms with Gasteiger partial charge in [-0.25, -0.2) is 8.78 Å². The summed E-state index contributed by atoms with van der Waals surface area (Å²) in [6.45, 7) is 0. The van der Waals surface area contributed by atoms with Gasteiger partial charge in [-0.1, -0.05) is 12.2 Å². The van der Waals surface area contributed by atoms with Gasteiger partial charge in [0.1, 0.15) is 11.6 Å². The van der Waals surface area contributed by atoms with Gasteiger partial charge in [0.15, 0.2) is 0 Å². The molecule has 0 bridgehead atoms. The van der Waals surface area contributed by atoms with Crippen molar-refractivity contribution < 1.29 is 23.5 Å². The summed E-state index contributed by atoms with van der Waals surface area (Å²) in [6, 6.07) is 1.76. The van der Waals surface area contributed by atoms with Crippen LogP contribution in [0.15, 0.2) is 28.8 Å². The second-order valence-corrected chi connectivity index (χ2v) is 5.58. The number of hydrogen-bond donors (Lipinski definition) is 2. The molecule has 0 saturated heterocycles. The predicted octanol–water partition coefficient (Wildman–Crippen LogP) is 3.33. The van der Waals surface area contributed by atoms with E-state index in [0.29, 0.717) is 6.07 Å². The van der Waals surface area contributed by atoms with Crippen molar-refractivity contribution in [1.29, 1.82) is 0 Å². The maximum absolute atomic E-state index is 13.6. The Labute approximate surface area is 128 Å². The first-order valence-electron chi connectivity index (χ1n) is 6.23. The van der Waals surface area contributed by atoms with Crippen LogP contribution < -0.4 is 5.32 Å². The number of allylic oxidation sites excluding steroid dienone is 2. The third-order valence-corrected chi connectivity index (χ3v) is 3.96. The Morgan fingerprint density at radius 2 is 1.76 bits per heavy atom. The number of hydrogen-bond acceptors (Lipinski definition) is 2. The van der Waals surface area contributed by atoms with Crippen molar-refractivity contribution in [2.24, 2.45) is 11.8 Å². The van der Waals surface area contributed by atoms with Crippen molar-refractivity contribution in [2.45, 2.75) is 12.8 Å². The van der Waals surface area contributed by atoms with Crippen molar-refractivity contribution in [2.75, 3.05) is 5.32 Å². The molecular weight excluding hydrogens is 348 g/mol. The molecule has 1 aliphatic rings. The molecule has 2 N–H and O–H groups in total. The van der Waals surface area contributed by atoms with Gasteiger partial charge < -0.3 is 10.4 Å². The van der Waals surface area contributed by atoms with Gasteiger partial charge in [-0.2, -0.15) is 0 Å². The van der Waals surface area contributed by atoms with Crippen molar-refractivity contribution >= 4 is 33.5 Å². The van der Waals surface area contributed by atoms with Gasteiger partial charge in [0.25, 0.3) is 0 Å². The molecule has 1 aliphatic carbocycles. The SMILES string of the molecule is O=C(O)C1CC=CCC1C(=O)Nc1cc(Br)c(F)cc1F. The van der Waals surface area contributed by atoms with Crippen molar-refractivity contribution in [3.63, 3.8) is 0 Å². The molecule has 2 rings (SSSR count). The highest BCUT2D eigenvalue weighted by Crippen LogP contribution is 2.29. The number of amides is 1. The Morgan fingerprint density at radius 3 is 2.38 bits per heavy atom. The Balaban J connectivity index is 2.19. The molecule has 0 fully saturated rings. The topological polar surface area (TPSA) is 66.4 Å². The second-order valence-electron chi connectivity index (χ2n) is 4.73. The van der Waals surface area contributed by atoms with Crippen molar-refractivity contribution in [1.82, 2.24) is 0 Å². The molecule has 21 heavy (non-hydrogen) atoms. The molecule has 4 nitrogen and oxygen atoms in total. The van der Waals surface area contributed by atoms with Crippen molar-refractivity contribution in [3.05, 3.63) is 40.4 Å². The fourth-order valence-corrected chi connectivity index (χ4v) is 2.56. The zero-order valence-corrected chi connectivity index (χ0v) is 12.4. The number of carboxylic acids is 1. The number of nitrogens with one attached hydrogen (secondary N) is 1. The van der Waals surface area contributed by atoms with Crippen LogP contribution in [-0.4, -0.2) is 17.0 Å². The zero-order chi connectivity index (χ0) is 15.6. The maximum Gasteiger partial charge on any atom is 0.307 e. The van der Waals surface area contributed by atoms with Crippen LogP contribution in [-0.2, 0) is 9.59 Å². The Kier molecular flexibility index (Phi) is 4.72. The van der Waals surface area contributed by atoms with E-state index in [1.54, 1.807) is 12.2 Å². The molecular formula is C14H12BrF2NO3. The number of carbonyl (C=O) groups is 2. The lowest BCUT2D eigenvalue weighted by Gasteiger charge is -2.24. The fourth-order valence-electron chi connectivity index (χ4n) is 2.22. The summed E-state index contributed by atoms with van der Waals surface area (Å²) in [4.78, 5) is 23.3. The smallest absolute Gasteiger partial charge is 0.307 e. The first-order chi connectivity index (χ1) is 9.90. The monoisotopic (exact) mass is 359 g/mol. The molecule has 112 valence electrons. The van der Waals surface area contributed by atoms with E-state index in [-0.39, 0.29) is 23.0 Å². The van der Waals surface area contributed by atoms with Crippen LogP contribution in [0, 0.1) is 23.5 Å². The third-order valence-electron chi connectivity index (χ3n) is 3.35. The average Bonchev–Trinajstić information content (AvgIpc) is 2.44. The first kappa shape index (κ1) is 15.6. The van der Waals surface area contributed by atoms with Crippen LogP contribution in [0.2, 0.25) is 0 Å². The van der Waals surface area contributed by atoms with E-state index in [1.165, 1.54) is 0 Å². The third kappa shape index (κ3) is 3.47. The molecule has 7 heteroatoms. The molecule has 0 spiro atoms. The largest absolute Gasteiger partial charge is 0.481 e. The van der Waals surface area contributed by atoms with Crippen LogP contribution in [0.4, 0.5) is 14.5 Å². The van der Waals surface area contributed by atoms with E-state index in [4.69, 9.17) is 5.11 Å². The van der Waals surface area contributed by atoms with E-state index >= 15 is 0 Å². The zero-order valence-electron chi connectivity index (χ0n) is 10.8. The number of rotatable bonds is 3. The molecule has 2 atom stereocenters. The average molecular weight is 360 g/mol. The number of halogens is 3. The highest BCUT2D eigenvalue weighted by Gasteiger charge is 2.34. The number of aliphatic carboxylic acids is 1. The number of carbonyl (C=O) groups excluding carboxylic acids is 1. The van der Waals surface area contributed by atoms with Crippen LogP contribution in [0.3, 0.4) is 0 Å². The number of carboxylic acid groups (broad SMARTS) is 1. The molecule has 0 saturated carbocycles. The van der Waals surface area contributed by atoms with E-state index < -0.39 is 35.3 Å². The molecule has 0 heterocycles.